The lowest BCUT2D eigenvalue weighted by atomic mass is 9.99. The first-order valence-electron chi connectivity index (χ1n) is 7.11. The molecule has 1 N–H and O–H groups in total. The van der Waals surface area contributed by atoms with E-state index in [0.717, 1.165) is 16.3 Å². The van der Waals surface area contributed by atoms with Crippen molar-refractivity contribution in [1.82, 2.24) is 0 Å². The van der Waals surface area contributed by atoms with Crippen LogP contribution >= 0.6 is 11.3 Å². The summed E-state index contributed by atoms with van der Waals surface area (Å²) in [5.74, 6) is -1.26. The Kier molecular flexibility index (Phi) is 4.35. The van der Waals surface area contributed by atoms with Gasteiger partial charge in [-0.25, -0.2) is 4.79 Å². The van der Waals surface area contributed by atoms with Crippen LogP contribution in [-0.4, -0.2) is 16.9 Å². The molecule has 0 aliphatic rings. The summed E-state index contributed by atoms with van der Waals surface area (Å²) in [5.41, 5.74) is 1.43. The van der Waals surface area contributed by atoms with Gasteiger partial charge in [0.05, 0.1) is 0 Å². The van der Waals surface area contributed by atoms with Gasteiger partial charge >= 0.3 is 5.97 Å². The molecule has 0 unspecified atom stereocenters. The molecule has 2 aromatic carbocycles. The van der Waals surface area contributed by atoms with Gasteiger partial charge in [0.15, 0.2) is 5.78 Å². The molecule has 0 aliphatic heterocycles. The fourth-order valence-electron chi connectivity index (χ4n) is 2.38. The van der Waals surface area contributed by atoms with Crippen molar-refractivity contribution in [2.24, 2.45) is 0 Å². The van der Waals surface area contributed by atoms with E-state index >= 15 is 0 Å². The van der Waals surface area contributed by atoms with Gasteiger partial charge in [-0.15, -0.1) is 0 Å². The van der Waals surface area contributed by atoms with Gasteiger partial charge in [0.2, 0.25) is 0 Å². The summed E-state index contributed by atoms with van der Waals surface area (Å²) >= 11 is 1.49. The van der Waals surface area contributed by atoms with E-state index in [-0.39, 0.29) is 17.8 Å². The fourth-order valence-corrected chi connectivity index (χ4v) is 3.00. The van der Waals surface area contributed by atoms with Gasteiger partial charge in [0, 0.05) is 17.6 Å². The highest BCUT2D eigenvalue weighted by molar-refractivity contribution is 7.08. The Morgan fingerprint density at radius 3 is 2.52 bits per heavy atom. The zero-order chi connectivity index (χ0) is 16.2. The van der Waals surface area contributed by atoms with Crippen LogP contribution in [0.1, 0.15) is 22.3 Å². The van der Waals surface area contributed by atoms with Crippen molar-refractivity contribution in [1.29, 1.82) is 0 Å². The Morgan fingerprint density at radius 2 is 1.83 bits per heavy atom. The molecule has 0 saturated carbocycles. The molecule has 0 saturated heterocycles. The second-order valence-electron chi connectivity index (χ2n) is 5.19. The van der Waals surface area contributed by atoms with Crippen LogP contribution in [0.4, 0.5) is 0 Å². The minimum atomic E-state index is -1.06. The van der Waals surface area contributed by atoms with Crippen LogP contribution in [0.2, 0.25) is 0 Å². The number of carbonyl (C=O) groups is 2. The van der Waals surface area contributed by atoms with Crippen molar-refractivity contribution in [2.45, 2.75) is 6.42 Å². The number of fused-ring (bicyclic) bond motifs is 1. The third-order valence-corrected chi connectivity index (χ3v) is 4.28. The summed E-state index contributed by atoms with van der Waals surface area (Å²) in [6.45, 7) is 0. The number of carboxylic acid groups (broad SMARTS) is 1. The number of hydrogen-bond donors (Lipinski definition) is 1. The molecule has 0 atom stereocenters. The molecule has 0 fully saturated rings. The molecular weight excluding hydrogens is 308 g/mol. The number of carboxylic acids is 1. The molecule has 1 heterocycles. The van der Waals surface area contributed by atoms with Crippen molar-refractivity contribution in [3.05, 3.63) is 76.0 Å². The van der Waals surface area contributed by atoms with Gasteiger partial charge in [-0.2, -0.15) is 11.3 Å². The molecular formula is C19H14O3S. The minimum absolute atomic E-state index is 0.0987. The maximum atomic E-state index is 12.4. The van der Waals surface area contributed by atoms with Crippen LogP contribution in [-0.2, 0) is 4.79 Å². The zero-order valence-electron chi connectivity index (χ0n) is 12.2. The predicted octanol–water partition coefficient (Wildman–Crippen LogP) is 4.64. The van der Waals surface area contributed by atoms with Crippen molar-refractivity contribution >= 4 is 39.9 Å². The van der Waals surface area contributed by atoms with Crippen LogP contribution in [0.25, 0.3) is 16.8 Å². The first kappa shape index (κ1) is 15.2. The SMILES string of the molecule is O=C(O)C(=Cc1ccsc1)CC(=O)c1ccc2ccccc2c1. The molecule has 3 aromatic rings. The molecule has 0 amide bonds. The van der Waals surface area contributed by atoms with E-state index in [4.69, 9.17) is 0 Å². The van der Waals surface area contributed by atoms with Crippen molar-refractivity contribution in [2.75, 3.05) is 0 Å². The van der Waals surface area contributed by atoms with Gasteiger partial charge in [0.1, 0.15) is 0 Å². The average molecular weight is 322 g/mol. The quantitative estimate of drug-likeness (QED) is 0.550. The third kappa shape index (κ3) is 3.55. The second-order valence-corrected chi connectivity index (χ2v) is 5.97. The van der Waals surface area contributed by atoms with Gasteiger partial charge < -0.3 is 5.11 Å². The van der Waals surface area contributed by atoms with E-state index in [1.54, 1.807) is 12.1 Å². The van der Waals surface area contributed by atoms with E-state index in [1.807, 2.05) is 53.2 Å². The number of hydrogen-bond acceptors (Lipinski definition) is 3. The molecule has 0 spiro atoms. The third-order valence-electron chi connectivity index (χ3n) is 3.58. The first-order chi connectivity index (χ1) is 11.1. The molecule has 0 radical (unpaired) electrons. The minimum Gasteiger partial charge on any atom is -0.478 e. The molecule has 3 rings (SSSR count). The Labute approximate surface area is 137 Å². The highest BCUT2D eigenvalue weighted by Crippen LogP contribution is 2.19. The lowest BCUT2D eigenvalue weighted by Crippen LogP contribution is -2.08. The summed E-state index contributed by atoms with van der Waals surface area (Å²) in [5, 5.41) is 15.1. The number of Topliss-reactive ketones (excluding diaryl/α,β-unsaturated/α-hetero) is 1. The maximum Gasteiger partial charge on any atom is 0.332 e. The molecule has 0 aliphatic carbocycles. The van der Waals surface area contributed by atoms with Crippen molar-refractivity contribution in [3.63, 3.8) is 0 Å². The predicted molar refractivity (Wildman–Crippen MR) is 92.8 cm³/mol. The Bertz CT molecular complexity index is 892. The first-order valence-corrected chi connectivity index (χ1v) is 8.06. The Balaban J connectivity index is 1.87. The largest absolute Gasteiger partial charge is 0.478 e. The standard InChI is InChI=1S/C19H14O3S/c20-18(11-17(19(21)22)9-13-7-8-23-12-13)16-6-5-14-3-1-2-4-15(14)10-16/h1-10,12H,11H2,(H,21,22). The smallest absolute Gasteiger partial charge is 0.332 e. The van der Waals surface area contributed by atoms with Crippen LogP contribution in [0.5, 0.6) is 0 Å². The van der Waals surface area contributed by atoms with Gasteiger partial charge in [0.25, 0.3) is 0 Å². The summed E-state index contributed by atoms with van der Waals surface area (Å²) in [6.07, 6.45) is 1.43. The summed E-state index contributed by atoms with van der Waals surface area (Å²) < 4.78 is 0. The number of thiophene rings is 1. The van der Waals surface area contributed by atoms with Crippen LogP contribution in [0.15, 0.2) is 64.9 Å². The summed E-state index contributed by atoms with van der Waals surface area (Å²) in [4.78, 5) is 23.8. The number of ketones is 1. The molecule has 4 heteroatoms. The van der Waals surface area contributed by atoms with Crippen molar-refractivity contribution in [3.8, 4) is 0 Å². The lowest BCUT2D eigenvalue weighted by molar-refractivity contribution is -0.132. The number of aliphatic carboxylic acids is 1. The number of benzene rings is 2. The Hall–Kier alpha value is -2.72. The second kappa shape index (κ2) is 6.58. The van der Waals surface area contributed by atoms with Crippen LogP contribution in [0, 0.1) is 0 Å². The normalized spacial score (nSPS) is 11.6. The van der Waals surface area contributed by atoms with Crippen LogP contribution < -0.4 is 0 Å². The fraction of sp³-hybridized carbons (Fsp3) is 0.0526. The maximum absolute atomic E-state index is 12.4. The van der Waals surface area contributed by atoms with Gasteiger partial charge in [-0.3, -0.25) is 4.79 Å². The molecule has 3 nitrogen and oxygen atoms in total. The van der Waals surface area contributed by atoms with E-state index in [0.29, 0.717) is 5.56 Å². The van der Waals surface area contributed by atoms with Gasteiger partial charge in [-0.1, -0.05) is 36.4 Å². The van der Waals surface area contributed by atoms with Crippen LogP contribution in [0.3, 0.4) is 0 Å². The zero-order valence-corrected chi connectivity index (χ0v) is 13.0. The van der Waals surface area contributed by atoms with E-state index in [2.05, 4.69) is 0 Å². The topological polar surface area (TPSA) is 54.4 Å². The summed E-state index contributed by atoms with van der Waals surface area (Å²) in [7, 11) is 0. The average Bonchev–Trinajstić information content (AvgIpc) is 3.06. The van der Waals surface area contributed by atoms with E-state index < -0.39 is 5.97 Å². The number of rotatable bonds is 5. The lowest BCUT2D eigenvalue weighted by Gasteiger charge is -2.04. The molecule has 114 valence electrons. The molecule has 23 heavy (non-hydrogen) atoms. The van der Waals surface area contributed by atoms with Crippen molar-refractivity contribution < 1.29 is 14.7 Å². The van der Waals surface area contributed by atoms with Gasteiger partial charge in [-0.05, 0) is 45.3 Å². The number of carbonyl (C=O) groups excluding carboxylic acids is 1. The Morgan fingerprint density at radius 1 is 1.04 bits per heavy atom. The highest BCUT2D eigenvalue weighted by Gasteiger charge is 2.15. The molecule has 1 aromatic heterocycles. The monoisotopic (exact) mass is 322 g/mol. The summed E-state index contributed by atoms with van der Waals surface area (Å²) in [6, 6.07) is 15.0. The van der Waals surface area contributed by atoms with E-state index in [1.165, 1.54) is 11.3 Å². The van der Waals surface area contributed by atoms with E-state index in [9.17, 15) is 14.7 Å². The molecule has 0 bridgehead atoms. The highest BCUT2D eigenvalue weighted by atomic mass is 32.1.